The van der Waals surface area contributed by atoms with Gasteiger partial charge in [-0.3, -0.25) is 14.5 Å². The number of nitrogens with zero attached hydrogens (tertiary/aromatic N) is 1. The monoisotopic (exact) mass is 546 g/mol. The lowest BCUT2D eigenvalue weighted by Gasteiger charge is -2.34. The van der Waals surface area contributed by atoms with Crippen LogP contribution in [0.15, 0.2) is 41.2 Å². The number of amides is 1. The highest BCUT2D eigenvalue weighted by atomic mass is 35.5. The zero-order valence-electron chi connectivity index (χ0n) is 20.9. The zero-order chi connectivity index (χ0) is 26.0. The van der Waals surface area contributed by atoms with Crippen LogP contribution >= 0.6 is 22.9 Å². The number of phenols is 1. The maximum Gasteiger partial charge on any atom is 0.305 e. The van der Waals surface area contributed by atoms with E-state index in [9.17, 15) is 14.7 Å². The number of thiazole rings is 1. The molecule has 0 saturated carbocycles. The van der Waals surface area contributed by atoms with Crippen LogP contribution in [-0.4, -0.2) is 72.9 Å². The Morgan fingerprint density at radius 2 is 1.97 bits per heavy atom. The number of phenolic OH excluding ortho intramolecular Hbond substituents is 1. The third kappa shape index (κ3) is 8.28. The van der Waals surface area contributed by atoms with Crippen LogP contribution in [0.5, 0.6) is 5.75 Å². The smallest absolute Gasteiger partial charge is 0.305 e. The van der Waals surface area contributed by atoms with Crippen LogP contribution in [0.2, 0.25) is 5.02 Å². The van der Waals surface area contributed by atoms with Gasteiger partial charge in [0.1, 0.15) is 11.3 Å². The van der Waals surface area contributed by atoms with Crippen molar-refractivity contribution in [1.82, 2.24) is 20.5 Å². The molecular formula is C27H35ClN4O4S. The van der Waals surface area contributed by atoms with Crippen LogP contribution in [0.4, 0.5) is 0 Å². The highest BCUT2D eigenvalue weighted by molar-refractivity contribution is 7.16. The van der Waals surface area contributed by atoms with Gasteiger partial charge >= 0.3 is 4.87 Å². The topological polar surface area (TPSA) is 107 Å². The van der Waals surface area contributed by atoms with Crippen LogP contribution in [0.3, 0.4) is 0 Å². The molecule has 37 heavy (non-hydrogen) atoms. The van der Waals surface area contributed by atoms with E-state index in [1.165, 1.54) is 0 Å². The molecule has 1 aromatic heterocycles. The van der Waals surface area contributed by atoms with E-state index in [1.54, 1.807) is 6.07 Å². The number of aromatic amines is 1. The molecular weight excluding hydrogens is 512 g/mol. The molecule has 0 radical (unpaired) electrons. The second-order valence-electron chi connectivity index (χ2n) is 9.32. The van der Waals surface area contributed by atoms with E-state index in [0.717, 1.165) is 85.7 Å². The fourth-order valence-corrected chi connectivity index (χ4v) is 5.85. The molecule has 2 heterocycles. The van der Waals surface area contributed by atoms with Crippen LogP contribution in [0.1, 0.15) is 30.4 Å². The molecule has 0 unspecified atom stereocenters. The molecule has 4 rings (SSSR count). The first-order valence-electron chi connectivity index (χ1n) is 12.9. The molecule has 1 fully saturated rings. The summed E-state index contributed by atoms with van der Waals surface area (Å²) in [7, 11) is 0. The Morgan fingerprint density at radius 1 is 1.14 bits per heavy atom. The number of hydrogen-bond acceptors (Lipinski definition) is 7. The Morgan fingerprint density at radius 3 is 2.78 bits per heavy atom. The van der Waals surface area contributed by atoms with Gasteiger partial charge in [-0.1, -0.05) is 41.1 Å². The minimum absolute atomic E-state index is 0.0638. The lowest BCUT2D eigenvalue weighted by Crippen LogP contribution is -2.44. The lowest BCUT2D eigenvalue weighted by molar-refractivity contribution is -0.121. The van der Waals surface area contributed by atoms with E-state index < -0.39 is 0 Å². The molecule has 3 aromatic rings. The van der Waals surface area contributed by atoms with Crippen molar-refractivity contribution in [2.45, 2.75) is 38.1 Å². The van der Waals surface area contributed by atoms with Crippen molar-refractivity contribution in [1.29, 1.82) is 0 Å². The first-order valence-corrected chi connectivity index (χ1v) is 14.1. The molecule has 8 nitrogen and oxygen atoms in total. The SMILES string of the molecule is O=C(CCN(CCNCCc1ccc(O)c2[nH]c(=O)sc12)C1CCOCC1)NCCc1cccc(Cl)c1. The Hall–Kier alpha value is -2.43. The number of aromatic hydroxyl groups is 1. The molecule has 200 valence electrons. The van der Waals surface area contributed by atoms with Crippen molar-refractivity contribution >= 4 is 39.1 Å². The van der Waals surface area contributed by atoms with E-state index in [2.05, 4.69) is 20.5 Å². The summed E-state index contributed by atoms with van der Waals surface area (Å²) in [5.41, 5.74) is 2.67. The fraction of sp³-hybridized carbons (Fsp3) is 0.481. The van der Waals surface area contributed by atoms with Gasteiger partial charge < -0.3 is 25.5 Å². The number of halogens is 1. The van der Waals surface area contributed by atoms with E-state index >= 15 is 0 Å². The molecule has 10 heteroatoms. The van der Waals surface area contributed by atoms with Gasteiger partial charge in [0, 0.05) is 56.9 Å². The van der Waals surface area contributed by atoms with Crippen molar-refractivity contribution in [3.05, 3.63) is 62.2 Å². The number of carbonyl (C=O) groups excluding carboxylic acids is 1. The number of fused-ring (bicyclic) bond motifs is 1. The van der Waals surface area contributed by atoms with Crippen LogP contribution in [0.25, 0.3) is 10.2 Å². The van der Waals surface area contributed by atoms with Crippen LogP contribution in [-0.2, 0) is 22.4 Å². The highest BCUT2D eigenvalue weighted by Gasteiger charge is 2.21. The summed E-state index contributed by atoms with van der Waals surface area (Å²) in [6, 6.07) is 11.6. The molecule has 1 aliphatic heterocycles. The van der Waals surface area contributed by atoms with E-state index in [1.807, 2.05) is 30.3 Å². The summed E-state index contributed by atoms with van der Waals surface area (Å²) in [5.74, 6) is 0.166. The van der Waals surface area contributed by atoms with Gasteiger partial charge in [0.05, 0.1) is 4.70 Å². The molecule has 0 atom stereocenters. The quantitative estimate of drug-likeness (QED) is 0.245. The predicted molar refractivity (Wildman–Crippen MR) is 149 cm³/mol. The normalized spacial score (nSPS) is 14.4. The van der Waals surface area contributed by atoms with Gasteiger partial charge in [0.25, 0.3) is 0 Å². The molecule has 0 bridgehead atoms. The van der Waals surface area contributed by atoms with Gasteiger partial charge in [0.2, 0.25) is 5.91 Å². The number of aromatic nitrogens is 1. The maximum atomic E-state index is 12.5. The van der Waals surface area contributed by atoms with Crippen molar-refractivity contribution in [3.63, 3.8) is 0 Å². The third-order valence-electron chi connectivity index (χ3n) is 6.74. The Labute approximate surface area is 226 Å². The van der Waals surface area contributed by atoms with Gasteiger partial charge in [-0.2, -0.15) is 0 Å². The lowest BCUT2D eigenvalue weighted by atomic mass is 10.1. The molecule has 4 N–H and O–H groups in total. The molecule has 1 aliphatic rings. The molecule has 1 saturated heterocycles. The number of ether oxygens (including phenoxy) is 1. The molecule has 2 aromatic carbocycles. The Kier molecular flexibility index (Phi) is 10.4. The van der Waals surface area contributed by atoms with Crippen molar-refractivity contribution in [3.8, 4) is 5.75 Å². The van der Waals surface area contributed by atoms with E-state index in [0.29, 0.717) is 36.1 Å². The van der Waals surface area contributed by atoms with Crippen molar-refractivity contribution in [2.24, 2.45) is 0 Å². The summed E-state index contributed by atoms with van der Waals surface area (Å²) in [6.07, 6.45) is 3.94. The number of nitrogens with one attached hydrogen (secondary N) is 3. The molecule has 0 spiro atoms. The summed E-state index contributed by atoms with van der Waals surface area (Å²) in [4.78, 5) is 29.2. The minimum Gasteiger partial charge on any atom is -0.506 e. The van der Waals surface area contributed by atoms with Crippen LogP contribution < -0.4 is 15.5 Å². The summed E-state index contributed by atoms with van der Waals surface area (Å²) in [6.45, 7) is 5.25. The number of hydrogen-bond donors (Lipinski definition) is 4. The van der Waals surface area contributed by atoms with E-state index in [4.69, 9.17) is 16.3 Å². The minimum atomic E-state index is -0.161. The first kappa shape index (κ1) is 27.6. The Balaban J connectivity index is 1.21. The second kappa shape index (κ2) is 13.9. The molecule has 1 amide bonds. The second-order valence-corrected chi connectivity index (χ2v) is 10.7. The summed E-state index contributed by atoms with van der Waals surface area (Å²) in [5, 5.41) is 17.2. The Bertz CT molecular complexity index is 1220. The number of carbonyl (C=O) groups is 1. The predicted octanol–water partition coefficient (Wildman–Crippen LogP) is 3.31. The fourth-order valence-electron chi connectivity index (χ4n) is 4.74. The largest absolute Gasteiger partial charge is 0.506 e. The highest BCUT2D eigenvalue weighted by Crippen LogP contribution is 2.27. The standard InChI is InChI=1S/C27H35ClN4O4S/c28-21-3-1-2-19(18-21)6-12-30-24(34)8-14-32(22-9-16-36-17-10-22)15-13-29-11-7-20-4-5-23(33)25-26(20)37-27(35)31-25/h1-5,18,22,29,33H,6-17H2,(H,30,34)(H,31,35). The van der Waals surface area contributed by atoms with Gasteiger partial charge in [-0.05, 0) is 61.6 Å². The maximum absolute atomic E-state index is 12.5. The van der Waals surface area contributed by atoms with E-state index in [-0.39, 0.29) is 16.5 Å². The summed E-state index contributed by atoms with van der Waals surface area (Å²) >= 11 is 7.17. The summed E-state index contributed by atoms with van der Waals surface area (Å²) < 4.78 is 6.36. The number of benzene rings is 2. The van der Waals surface area contributed by atoms with Crippen LogP contribution in [0, 0.1) is 0 Å². The average molecular weight is 547 g/mol. The number of H-pyrrole nitrogens is 1. The average Bonchev–Trinajstić information content (AvgIpc) is 3.30. The van der Waals surface area contributed by atoms with Crippen molar-refractivity contribution < 1.29 is 14.6 Å². The van der Waals surface area contributed by atoms with Gasteiger partial charge in [-0.15, -0.1) is 0 Å². The zero-order valence-corrected chi connectivity index (χ0v) is 22.5. The third-order valence-corrected chi connectivity index (χ3v) is 7.94. The van der Waals surface area contributed by atoms with Gasteiger partial charge in [-0.25, -0.2) is 0 Å². The van der Waals surface area contributed by atoms with Crippen molar-refractivity contribution in [2.75, 3.05) is 45.9 Å². The number of rotatable bonds is 13. The first-order chi connectivity index (χ1) is 18.0. The van der Waals surface area contributed by atoms with Gasteiger partial charge in [0.15, 0.2) is 0 Å². The molecule has 0 aliphatic carbocycles.